The maximum atomic E-state index is 11.8. The van der Waals surface area contributed by atoms with Crippen molar-refractivity contribution < 1.29 is 30.4 Å². The largest absolute Gasteiger partial charge is 0.338 e. The lowest BCUT2D eigenvalue weighted by Crippen LogP contribution is -2.31. The number of carbonyl (C=O) groups is 1. The number of benzene rings is 1. The number of anilines is 1. The third-order valence-electron chi connectivity index (χ3n) is 2.63. The Labute approximate surface area is 141 Å². The van der Waals surface area contributed by atoms with E-state index in [-0.39, 0.29) is 6.54 Å². The summed E-state index contributed by atoms with van der Waals surface area (Å²) in [5.41, 5.74) is -0.462. The molecule has 0 aliphatic rings. The van der Waals surface area contributed by atoms with Gasteiger partial charge in [0.05, 0.1) is 5.69 Å². The Morgan fingerprint density at radius 3 is 2.21 bits per heavy atom. The molecule has 0 aromatic heterocycles. The van der Waals surface area contributed by atoms with E-state index in [0.29, 0.717) is 6.42 Å². The molecule has 1 aromatic carbocycles. The van der Waals surface area contributed by atoms with Crippen molar-refractivity contribution in [1.29, 1.82) is 0 Å². The quantitative estimate of drug-likeness (QED) is 0.380. The summed E-state index contributed by atoms with van der Waals surface area (Å²) < 4.78 is 67.4. The Morgan fingerprint density at radius 1 is 1.21 bits per heavy atom. The smallest absolute Gasteiger partial charge is 0.319 e. The van der Waals surface area contributed by atoms with E-state index < -0.39 is 57.5 Å². The van der Waals surface area contributed by atoms with Crippen molar-refractivity contribution in [2.24, 2.45) is 10.3 Å². The second-order valence-corrected chi connectivity index (χ2v) is 8.42. The van der Waals surface area contributed by atoms with E-state index in [1.54, 1.807) is 6.92 Å². The van der Waals surface area contributed by atoms with E-state index in [4.69, 9.17) is 10.3 Å². The van der Waals surface area contributed by atoms with Crippen molar-refractivity contribution in [2.45, 2.75) is 28.0 Å². The Bertz CT molecular complexity index is 880. The molecule has 0 spiro atoms. The van der Waals surface area contributed by atoms with Crippen LogP contribution in [0.1, 0.15) is 13.3 Å². The summed E-state index contributed by atoms with van der Waals surface area (Å²) >= 11 is -3.07. The molecule has 1 atom stereocenters. The molecular weight excluding hydrogens is 384 g/mol. The van der Waals surface area contributed by atoms with Gasteiger partial charge in [0.1, 0.15) is 14.7 Å². The Morgan fingerprint density at radius 2 is 1.79 bits per heavy atom. The molecule has 7 N–H and O–H groups in total. The molecule has 1 aromatic rings. The summed E-state index contributed by atoms with van der Waals surface area (Å²) in [6.07, 6.45) is 0.603. The topological polar surface area (TPSA) is 199 Å². The second-order valence-electron chi connectivity index (χ2n) is 4.49. The van der Waals surface area contributed by atoms with E-state index in [1.165, 1.54) is 0 Å². The molecule has 14 heteroatoms. The predicted molar refractivity (Wildman–Crippen MR) is 85.5 cm³/mol. The normalized spacial score (nSPS) is 13.3. The Hall–Kier alpha value is -1.58. The van der Waals surface area contributed by atoms with Crippen LogP contribution in [0, 0.1) is 0 Å². The van der Waals surface area contributed by atoms with Crippen molar-refractivity contribution in [3.8, 4) is 0 Å². The molecule has 1 unspecified atom stereocenters. The molecule has 0 radical (unpaired) electrons. The number of nitrogens with one attached hydrogen (secondary N) is 2. The summed E-state index contributed by atoms with van der Waals surface area (Å²) in [5.74, 6) is 0. The molecule has 0 saturated heterocycles. The predicted octanol–water partition coefficient (Wildman–Crippen LogP) is -0.906. The summed E-state index contributed by atoms with van der Waals surface area (Å²) in [7, 11) is -9.20. The van der Waals surface area contributed by atoms with Gasteiger partial charge in [-0.1, -0.05) is 6.92 Å². The van der Waals surface area contributed by atoms with Gasteiger partial charge in [-0.25, -0.2) is 36.1 Å². The number of urea groups is 1. The fraction of sp³-hybridized carbons (Fsp3) is 0.300. The first-order valence-electron chi connectivity index (χ1n) is 6.28. The summed E-state index contributed by atoms with van der Waals surface area (Å²) in [5, 5.41) is 14.4. The Balaban J connectivity index is 3.67. The summed E-state index contributed by atoms with van der Waals surface area (Å²) in [6, 6.07) is 0.893. The number of hydrogen-bond acceptors (Lipinski definition) is 6. The lowest BCUT2D eigenvalue weighted by Gasteiger charge is -2.15. The highest BCUT2D eigenvalue weighted by Gasteiger charge is 2.30. The number of hydrogen-bond donors (Lipinski definition) is 5. The van der Waals surface area contributed by atoms with Crippen LogP contribution in [-0.4, -0.2) is 38.2 Å². The molecule has 0 bridgehead atoms. The Kier molecular flexibility index (Phi) is 6.43. The minimum Gasteiger partial charge on any atom is -0.338 e. The zero-order valence-electron chi connectivity index (χ0n) is 12.3. The van der Waals surface area contributed by atoms with Crippen molar-refractivity contribution in [2.75, 3.05) is 11.9 Å². The van der Waals surface area contributed by atoms with E-state index in [1.807, 2.05) is 0 Å². The molecule has 24 heavy (non-hydrogen) atoms. The molecule has 2 amide bonds. The molecule has 136 valence electrons. The molecule has 0 saturated carbocycles. The van der Waals surface area contributed by atoms with E-state index in [0.717, 1.165) is 12.1 Å². The number of amides is 2. The maximum Gasteiger partial charge on any atom is 0.319 e. The first-order chi connectivity index (χ1) is 10.9. The van der Waals surface area contributed by atoms with Gasteiger partial charge in [-0.2, -0.15) is 0 Å². The zero-order chi connectivity index (χ0) is 18.7. The fourth-order valence-corrected chi connectivity index (χ4v) is 4.83. The van der Waals surface area contributed by atoms with E-state index in [2.05, 4.69) is 10.6 Å². The summed E-state index contributed by atoms with van der Waals surface area (Å²) in [4.78, 5) is 8.73. The molecule has 11 nitrogen and oxygen atoms in total. The third kappa shape index (κ3) is 4.96. The van der Waals surface area contributed by atoms with Crippen molar-refractivity contribution >= 4 is 42.8 Å². The van der Waals surface area contributed by atoms with Gasteiger partial charge in [0.2, 0.25) is 20.0 Å². The highest BCUT2D eigenvalue weighted by atomic mass is 32.2. The monoisotopic (exact) mass is 400 g/mol. The lowest BCUT2D eigenvalue weighted by molar-refractivity contribution is 0.252. The standard InChI is InChI=1S/C10H16N4O7S3/c1-2-5-13-10(15)14-6-3-4-7(23(11,18)19)8(22(16)17)9(6)24(12,20)21/h3-4H,2,5H2,1H3,(H,16,17)(H2,11,18,19)(H2,12,20,21)(H2,13,14,15). The number of rotatable bonds is 6. The molecule has 0 aliphatic heterocycles. The summed E-state index contributed by atoms with van der Waals surface area (Å²) in [6.45, 7) is 2.06. The first kappa shape index (κ1) is 20.5. The highest BCUT2D eigenvalue weighted by molar-refractivity contribution is 7.91. The third-order valence-corrected chi connectivity index (χ3v) is 5.60. The van der Waals surface area contributed by atoms with Crippen LogP contribution >= 0.6 is 0 Å². The van der Waals surface area contributed by atoms with Gasteiger partial charge >= 0.3 is 6.03 Å². The van der Waals surface area contributed by atoms with Gasteiger partial charge < -0.3 is 15.2 Å². The van der Waals surface area contributed by atoms with Crippen LogP contribution in [0.2, 0.25) is 0 Å². The van der Waals surface area contributed by atoms with Gasteiger partial charge in [-0.05, 0) is 18.6 Å². The van der Waals surface area contributed by atoms with Gasteiger partial charge in [-0.15, -0.1) is 0 Å². The number of carbonyl (C=O) groups excluding carboxylic acids is 1. The molecule has 0 heterocycles. The molecule has 0 fully saturated rings. The van der Waals surface area contributed by atoms with Crippen LogP contribution in [0.4, 0.5) is 10.5 Å². The van der Waals surface area contributed by atoms with Crippen LogP contribution in [0.5, 0.6) is 0 Å². The van der Waals surface area contributed by atoms with Crippen molar-refractivity contribution in [3.63, 3.8) is 0 Å². The van der Waals surface area contributed by atoms with Gasteiger partial charge in [0, 0.05) is 6.54 Å². The minimum absolute atomic E-state index is 0.282. The number of primary sulfonamides is 2. The lowest BCUT2D eigenvalue weighted by atomic mass is 10.3. The minimum atomic E-state index is -4.67. The van der Waals surface area contributed by atoms with E-state index >= 15 is 0 Å². The van der Waals surface area contributed by atoms with Crippen molar-refractivity contribution in [1.82, 2.24) is 5.32 Å². The van der Waals surface area contributed by atoms with Gasteiger partial charge in [-0.3, -0.25) is 0 Å². The fourth-order valence-electron chi connectivity index (χ4n) is 1.72. The van der Waals surface area contributed by atoms with Gasteiger partial charge in [0.15, 0.2) is 11.1 Å². The maximum absolute atomic E-state index is 11.8. The zero-order valence-corrected chi connectivity index (χ0v) is 14.8. The first-order valence-corrected chi connectivity index (χ1v) is 10.5. The average molecular weight is 400 g/mol. The van der Waals surface area contributed by atoms with Crippen LogP contribution in [0.3, 0.4) is 0 Å². The van der Waals surface area contributed by atoms with Crippen LogP contribution in [0.25, 0.3) is 0 Å². The SMILES string of the molecule is CCCNC(=O)Nc1ccc(S(N)(=O)=O)c(S(=O)O)c1S(N)(=O)=O. The van der Waals surface area contributed by atoms with Crippen LogP contribution < -0.4 is 20.9 Å². The number of nitrogens with two attached hydrogens (primary N) is 2. The molecule has 0 aliphatic carbocycles. The number of sulfonamides is 2. The molecule has 1 rings (SSSR count). The highest BCUT2D eigenvalue weighted by Crippen LogP contribution is 2.31. The van der Waals surface area contributed by atoms with Crippen molar-refractivity contribution in [3.05, 3.63) is 12.1 Å². The van der Waals surface area contributed by atoms with Crippen LogP contribution in [0.15, 0.2) is 26.8 Å². The molecular formula is C10H16N4O7S3. The van der Waals surface area contributed by atoms with Crippen LogP contribution in [-0.2, 0) is 31.1 Å². The second kappa shape index (κ2) is 7.54. The van der Waals surface area contributed by atoms with Gasteiger partial charge in [0.25, 0.3) is 0 Å². The van der Waals surface area contributed by atoms with E-state index in [9.17, 15) is 30.4 Å². The average Bonchev–Trinajstić information content (AvgIpc) is 2.41.